The molecule has 6 rings (SSSR count). The van der Waals surface area contributed by atoms with Crippen molar-refractivity contribution < 1.29 is 14.6 Å². The molecule has 4 heterocycles. The lowest BCUT2D eigenvalue weighted by Gasteiger charge is -2.32. The lowest BCUT2D eigenvalue weighted by atomic mass is 10.0. The van der Waals surface area contributed by atoms with Crippen LogP contribution in [0, 0.1) is 0 Å². The Morgan fingerprint density at radius 3 is 2.40 bits per heavy atom. The Morgan fingerprint density at radius 1 is 1.02 bits per heavy atom. The molecule has 0 unspecified atom stereocenters. The van der Waals surface area contributed by atoms with Gasteiger partial charge in [0.1, 0.15) is 5.82 Å². The lowest BCUT2D eigenvalue weighted by molar-refractivity contribution is 0.122. The number of nitrogens with zero attached hydrogens (tertiary/aromatic N) is 7. The number of hydrogen-bond donors (Lipinski definition) is 1. The van der Waals surface area contributed by atoms with Gasteiger partial charge in [0.25, 0.3) is 0 Å². The summed E-state index contributed by atoms with van der Waals surface area (Å²) in [7, 11) is 1.52. The fraction of sp³-hybridized carbons (Fsp3) is 0.379. The smallest absolute Gasteiger partial charge is 0.411 e. The minimum Gasteiger partial charge on any atom is -0.465 e. The topological polar surface area (TPSA) is 99.8 Å². The number of carbonyl (C=O) groups is 1. The molecule has 2 aliphatic heterocycles. The second kappa shape index (κ2) is 11.4. The summed E-state index contributed by atoms with van der Waals surface area (Å²) >= 11 is 6.05. The number of rotatable bonds is 6. The molecule has 1 N–H and O–H groups in total. The first-order valence-corrected chi connectivity index (χ1v) is 14.0. The fourth-order valence-corrected chi connectivity index (χ4v) is 5.56. The number of aromatic nitrogens is 4. The maximum atomic E-state index is 11.4. The number of morpholine rings is 1. The molecule has 208 valence electrons. The van der Waals surface area contributed by atoms with Gasteiger partial charge in [-0.2, -0.15) is 5.10 Å². The Hall–Kier alpha value is -3.73. The molecule has 0 radical (unpaired) electrons. The van der Waals surface area contributed by atoms with Gasteiger partial charge in [0, 0.05) is 56.0 Å². The fourth-order valence-electron chi connectivity index (χ4n) is 5.44. The molecule has 0 spiro atoms. The molecular formula is C29H32ClN7O3. The lowest BCUT2D eigenvalue weighted by Crippen LogP contribution is -2.37. The van der Waals surface area contributed by atoms with Crippen molar-refractivity contribution in [1.82, 2.24) is 24.6 Å². The highest BCUT2D eigenvalue weighted by Gasteiger charge is 2.26. The van der Waals surface area contributed by atoms with Crippen LogP contribution in [0.1, 0.15) is 24.4 Å². The maximum Gasteiger partial charge on any atom is 0.411 e. The van der Waals surface area contributed by atoms with Crippen LogP contribution in [0.3, 0.4) is 0 Å². The number of anilines is 2. The van der Waals surface area contributed by atoms with Crippen LogP contribution in [-0.4, -0.2) is 82.3 Å². The van der Waals surface area contributed by atoms with Crippen LogP contribution in [0.5, 0.6) is 0 Å². The summed E-state index contributed by atoms with van der Waals surface area (Å²) < 4.78 is 7.67. The van der Waals surface area contributed by atoms with Crippen LogP contribution in [0.25, 0.3) is 22.4 Å². The molecule has 2 saturated heterocycles. The van der Waals surface area contributed by atoms with Crippen LogP contribution in [-0.2, 0) is 11.3 Å². The largest absolute Gasteiger partial charge is 0.465 e. The summed E-state index contributed by atoms with van der Waals surface area (Å²) in [5, 5.41) is 15.9. The van der Waals surface area contributed by atoms with Gasteiger partial charge in [-0.1, -0.05) is 23.7 Å². The molecule has 0 atom stereocenters. The average Bonchev–Trinajstić information content (AvgIpc) is 3.42. The van der Waals surface area contributed by atoms with E-state index in [1.54, 1.807) is 12.1 Å². The maximum absolute atomic E-state index is 11.4. The highest BCUT2D eigenvalue weighted by Crippen LogP contribution is 2.33. The molecule has 2 aromatic carbocycles. The third kappa shape index (κ3) is 5.47. The van der Waals surface area contributed by atoms with E-state index in [0.717, 1.165) is 73.0 Å². The van der Waals surface area contributed by atoms with Crippen LogP contribution < -0.4 is 9.80 Å². The summed E-state index contributed by atoms with van der Waals surface area (Å²) in [5.74, 6) is 1.46. The number of hydrogen-bond acceptors (Lipinski definition) is 7. The van der Waals surface area contributed by atoms with Crippen molar-refractivity contribution in [3.63, 3.8) is 0 Å². The first-order valence-electron chi connectivity index (χ1n) is 13.6. The number of fused-ring (bicyclic) bond motifs is 1. The van der Waals surface area contributed by atoms with Crippen LogP contribution in [0.15, 0.2) is 54.7 Å². The molecule has 4 aromatic rings. The molecule has 0 saturated carbocycles. The Balaban J connectivity index is 1.29. The molecule has 2 aromatic heterocycles. The van der Waals surface area contributed by atoms with E-state index in [9.17, 15) is 9.90 Å². The van der Waals surface area contributed by atoms with Gasteiger partial charge < -0.3 is 14.7 Å². The van der Waals surface area contributed by atoms with E-state index in [4.69, 9.17) is 31.4 Å². The average molecular weight is 562 g/mol. The van der Waals surface area contributed by atoms with Crippen molar-refractivity contribution in [3.05, 3.63) is 65.3 Å². The van der Waals surface area contributed by atoms with Crippen LogP contribution in [0.4, 0.5) is 16.3 Å². The second-order valence-electron chi connectivity index (χ2n) is 10.3. The minimum atomic E-state index is -1.01. The zero-order valence-corrected chi connectivity index (χ0v) is 23.2. The normalized spacial score (nSPS) is 16.9. The van der Waals surface area contributed by atoms with E-state index in [0.29, 0.717) is 24.7 Å². The number of halogens is 1. The standard InChI is InChI=1S/C29H32ClN7O3/c1-34(29(38)39)23-8-4-21(5-9-23)26-32-27(36-14-16-40-17-15-36)25-18-31-37(28(25)33-26)24-10-12-35(13-11-24)19-20-2-6-22(30)7-3-20/h2-9,18,24H,10-17,19H2,1H3,(H,38,39). The molecule has 0 bridgehead atoms. The summed E-state index contributed by atoms with van der Waals surface area (Å²) in [6.45, 7) is 5.66. The van der Waals surface area contributed by atoms with Crippen molar-refractivity contribution in [2.45, 2.75) is 25.4 Å². The number of amides is 1. The van der Waals surface area contributed by atoms with Gasteiger partial charge >= 0.3 is 6.09 Å². The van der Waals surface area contributed by atoms with Crippen molar-refractivity contribution >= 4 is 40.2 Å². The summed E-state index contributed by atoms with van der Waals surface area (Å²) in [6, 6.07) is 15.6. The van der Waals surface area contributed by atoms with Crippen molar-refractivity contribution in [2.24, 2.45) is 0 Å². The van der Waals surface area contributed by atoms with Gasteiger partial charge in [-0.3, -0.25) is 9.80 Å². The molecule has 40 heavy (non-hydrogen) atoms. The van der Waals surface area contributed by atoms with Gasteiger partial charge in [0.05, 0.1) is 30.8 Å². The summed E-state index contributed by atoms with van der Waals surface area (Å²) in [6.07, 6.45) is 2.84. The quantitative estimate of drug-likeness (QED) is 0.353. The van der Waals surface area contributed by atoms with E-state index in [1.807, 2.05) is 30.5 Å². The highest BCUT2D eigenvalue weighted by molar-refractivity contribution is 6.30. The SMILES string of the molecule is CN(C(=O)O)c1ccc(-c2nc(N3CCOCC3)c3cnn(C4CCN(Cc5ccc(Cl)cc5)CC4)c3n2)cc1. The van der Waals surface area contributed by atoms with Gasteiger partial charge in [-0.25, -0.2) is 19.4 Å². The van der Waals surface area contributed by atoms with Crippen molar-refractivity contribution in [3.8, 4) is 11.4 Å². The highest BCUT2D eigenvalue weighted by atomic mass is 35.5. The molecule has 10 nitrogen and oxygen atoms in total. The molecule has 1 amide bonds. The molecule has 11 heteroatoms. The van der Waals surface area contributed by atoms with Crippen molar-refractivity contribution in [1.29, 1.82) is 0 Å². The molecular weight excluding hydrogens is 530 g/mol. The third-order valence-electron chi connectivity index (χ3n) is 7.77. The minimum absolute atomic E-state index is 0.242. The number of carboxylic acid groups (broad SMARTS) is 1. The molecule has 2 aliphatic rings. The van der Waals surface area contributed by atoms with E-state index in [2.05, 4.69) is 26.6 Å². The van der Waals surface area contributed by atoms with E-state index < -0.39 is 6.09 Å². The van der Waals surface area contributed by atoms with E-state index in [1.165, 1.54) is 17.5 Å². The Morgan fingerprint density at radius 2 is 1.73 bits per heavy atom. The third-order valence-corrected chi connectivity index (χ3v) is 8.02. The first-order chi connectivity index (χ1) is 19.5. The van der Waals surface area contributed by atoms with Gasteiger partial charge in [0.2, 0.25) is 0 Å². The number of likely N-dealkylation sites (tertiary alicyclic amines) is 1. The number of ether oxygens (including phenoxy) is 1. The first kappa shape index (κ1) is 26.5. The van der Waals surface area contributed by atoms with E-state index >= 15 is 0 Å². The molecule has 0 aliphatic carbocycles. The van der Waals surface area contributed by atoms with Crippen LogP contribution in [0.2, 0.25) is 5.02 Å². The number of benzene rings is 2. The van der Waals surface area contributed by atoms with Gasteiger partial charge in [-0.05, 0) is 54.8 Å². The predicted molar refractivity (Wildman–Crippen MR) is 155 cm³/mol. The Kier molecular flexibility index (Phi) is 7.55. The number of piperidine rings is 1. The summed E-state index contributed by atoms with van der Waals surface area (Å²) in [4.78, 5) is 27.3. The predicted octanol–water partition coefficient (Wildman–Crippen LogP) is 4.93. The Labute approximate surface area is 237 Å². The molecule has 2 fully saturated rings. The van der Waals surface area contributed by atoms with Gasteiger partial charge in [0.15, 0.2) is 11.5 Å². The van der Waals surface area contributed by atoms with Gasteiger partial charge in [-0.15, -0.1) is 0 Å². The zero-order valence-electron chi connectivity index (χ0n) is 22.4. The monoisotopic (exact) mass is 561 g/mol. The van der Waals surface area contributed by atoms with Crippen LogP contribution >= 0.6 is 11.6 Å². The Bertz CT molecular complexity index is 1480. The van der Waals surface area contributed by atoms with Crippen molar-refractivity contribution in [2.75, 3.05) is 56.2 Å². The summed E-state index contributed by atoms with van der Waals surface area (Å²) in [5.41, 5.74) is 3.50. The zero-order chi connectivity index (χ0) is 27.6. The second-order valence-corrected chi connectivity index (χ2v) is 10.8. The van der Waals surface area contributed by atoms with E-state index in [-0.39, 0.29) is 6.04 Å².